The van der Waals surface area contributed by atoms with Crippen LogP contribution in [0.15, 0.2) is 18.2 Å². The van der Waals surface area contributed by atoms with Gasteiger partial charge >= 0.3 is 0 Å². The van der Waals surface area contributed by atoms with Gasteiger partial charge in [-0.1, -0.05) is 0 Å². The number of hydrogen-bond acceptors (Lipinski definition) is 1. The van der Waals surface area contributed by atoms with Gasteiger partial charge in [0.1, 0.15) is 12.3 Å². The van der Waals surface area contributed by atoms with Crippen molar-refractivity contribution in [3.63, 3.8) is 0 Å². The number of nitrogens with two attached hydrogens (primary N) is 1. The minimum Gasteiger partial charge on any atom is -0.497 e. The summed E-state index contributed by atoms with van der Waals surface area (Å²) in [4.78, 5) is 3.49. The molecule has 15 heavy (non-hydrogen) atoms. The molecule has 0 radical (unpaired) electrons. The lowest BCUT2D eigenvalue weighted by Crippen LogP contribution is -2.84. The molecule has 1 aliphatic rings. The third-order valence-corrected chi connectivity index (χ3v) is 3.15. The summed E-state index contributed by atoms with van der Waals surface area (Å²) >= 11 is 0. The zero-order valence-electron chi connectivity index (χ0n) is 8.84. The number of benzene rings is 1. The molecule has 1 aromatic carbocycles. The van der Waals surface area contributed by atoms with Crippen LogP contribution in [0.1, 0.15) is 11.3 Å². The minimum atomic E-state index is 0.940. The number of nitrogens with one attached hydrogen (secondary N) is 1. The lowest BCUT2D eigenvalue weighted by atomic mass is 10.1. The topological polar surface area (TPSA) is 41.6 Å². The SMILES string of the molecule is COc1ccc2[nH]c3c(c2c1)C[NH2+]CC3. The predicted molar refractivity (Wildman–Crippen MR) is 59.1 cm³/mol. The first-order valence-corrected chi connectivity index (χ1v) is 5.37. The Morgan fingerprint density at radius 2 is 2.33 bits per heavy atom. The van der Waals surface area contributed by atoms with Gasteiger partial charge in [-0.25, -0.2) is 0 Å². The van der Waals surface area contributed by atoms with E-state index >= 15 is 0 Å². The number of ether oxygens (including phenoxy) is 1. The summed E-state index contributed by atoms with van der Waals surface area (Å²) in [6.07, 6.45) is 1.15. The molecular weight excluding hydrogens is 188 g/mol. The van der Waals surface area contributed by atoms with Crippen LogP contribution >= 0.6 is 0 Å². The number of aromatic amines is 1. The molecule has 3 N–H and O–H groups in total. The average molecular weight is 203 g/mol. The quantitative estimate of drug-likeness (QED) is 0.707. The van der Waals surface area contributed by atoms with E-state index in [1.165, 1.54) is 28.7 Å². The first-order chi connectivity index (χ1) is 7.38. The molecule has 0 fully saturated rings. The number of hydrogen-bond donors (Lipinski definition) is 2. The summed E-state index contributed by atoms with van der Waals surface area (Å²) in [5.74, 6) is 0.940. The average Bonchev–Trinajstić information content (AvgIpc) is 2.66. The van der Waals surface area contributed by atoms with Gasteiger partial charge in [-0.2, -0.15) is 0 Å². The van der Waals surface area contributed by atoms with Crippen molar-refractivity contribution in [3.8, 4) is 5.75 Å². The van der Waals surface area contributed by atoms with Crippen molar-refractivity contribution < 1.29 is 10.1 Å². The highest BCUT2D eigenvalue weighted by Gasteiger charge is 2.17. The maximum absolute atomic E-state index is 5.26. The standard InChI is InChI=1S/C12H14N2O/c1-15-8-2-3-11-9(6-8)10-7-13-5-4-12(10)14-11/h2-3,6,13-14H,4-5,7H2,1H3/p+1. The Kier molecular flexibility index (Phi) is 1.92. The predicted octanol–water partition coefficient (Wildman–Crippen LogP) is 0.796. The van der Waals surface area contributed by atoms with Crippen LogP contribution < -0.4 is 10.1 Å². The number of methoxy groups -OCH3 is 1. The number of rotatable bonds is 1. The second-order valence-electron chi connectivity index (χ2n) is 4.03. The second kappa shape index (κ2) is 3.28. The highest BCUT2D eigenvalue weighted by molar-refractivity contribution is 5.86. The molecular formula is C12H15N2O+. The Morgan fingerprint density at radius 3 is 3.20 bits per heavy atom. The summed E-state index contributed by atoms with van der Waals surface area (Å²) in [6, 6.07) is 6.24. The van der Waals surface area contributed by atoms with Crippen LogP contribution in [0.2, 0.25) is 0 Å². The molecule has 1 aromatic heterocycles. The highest BCUT2D eigenvalue weighted by Crippen LogP contribution is 2.26. The molecule has 1 aliphatic heterocycles. The van der Waals surface area contributed by atoms with E-state index in [0.29, 0.717) is 0 Å². The molecule has 0 bridgehead atoms. The number of aromatic nitrogens is 1. The van der Waals surface area contributed by atoms with Gasteiger partial charge in [-0.3, -0.25) is 0 Å². The van der Waals surface area contributed by atoms with Crippen molar-refractivity contribution in [1.82, 2.24) is 4.98 Å². The first-order valence-electron chi connectivity index (χ1n) is 5.37. The van der Waals surface area contributed by atoms with Crippen molar-refractivity contribution in [1.29, 1.82) is 0 Å². The monoisotopic (exact) mass is 203 g/mol. The summed E-state index contributed by atoms with van der Waals surface area (Å²) in [6.45, 7) is 2.28. The third-order valence-electron chi connectivity index (χ3n) is 3.15. The van der Waals surface area contributed by atoms with Gasteiger partial charge in [0.15, 0.2) is 0 Å². The Balaban J connectivity index is 2.24. The zero-order chi connectivity index (χ0) is 10.3. The van der Waals surface area contributed by atoms with Gasteiger partial charge < -0.3 is 15.0 Å². The summed E-state index contributed by atoms with van der Waals surface area (Å²) in [7, 11) is 1.71. The normalized spacial score (nSPS) is 15.3. The summed E-state index contributed by atoms with van der Waals surface area (Å²) < 4.78 is 5.26. The fraction of sp³-hybridized carbons (Fsp3) is 0.333. The zero-order valence-corrected chi connectivity index (χ0v) is 8.84. The lowest BCUT2D eigenvalue weighted by Gasteiger charge is -2.09. The van der Waals surface area contributed by atoms with E-state index in [4.69, 9.17) is 4.74 Å². The van der Waals surface area contributed by atoms with Crippen LogP contribution in [0.3, 0.4) is 0 Å². The van der Waals surface area contributed by atoms with Crippen LogP contribution in [0.5, 0.6) is 5.75 Å². The molecule has 0 amide bonds. The molecule has 0 atom stereocenters. The first kappa shape index (κ1) is 8.80. The van der Waals surface area contributed by atoms with E-state index in [1.54, 1.807) is 7.11 Å². The minimum absolute atomic E-state index is 0.940. The molecule has 0 saturated carbocycles. The Morgan fingerprint density at radius 1 is 1.40 bits per heavy atom. The Hall–Kier alpha value is -1.48. The van der Waals surface area contributed by atoms with E-state index in [-0.39, 0.29) is 0 Å². The van der Waals surface area contributed by atoms with Crippen LogP contribution in [0.25, 0.3) is 10.9 Å². The molecule has 78 valence electrons. The van der Waals surface area contributed by atoms with Crippen LogP contribution in [-0.4, -0.2) is 18.6 Å². The van der Waals surface area contributed by atoms with E-state index in [9.17, 15) is 0 Å². The Bertz CT molecular complexity index is 502. The van der Waals surface area contributed by atoms with Crippen LogP contribution in [0.4, 0.5) is 0 Å². The van der Waals surface area contributed by atoms with Crippen LogP contribution in [0, 0.1) is 0 Å². The smallest absolute Gasteiger partial charge is 0.119 e. The maximum atomic E-state index is 5.26. The van der Waals surface area contributed by atoms with Crippen molar-refractivity contribution in [3.05, 3.63) is 29.5 Å². The molecule has 0 unspecified atom stereocenters. The van der Waals surface area contributed by atoms with Gasteiger partial charge in [0.2, 0.25) is 0 Å². The van der Waals surface area contributed by atoms with E-state index in [2.05, 4.69) is 22.4 Å². The fourth-order valence-corrected chi connectivity index (χ4v) is 2.35. The number of H-pyrrole nitrogens is 1. The molecule has 3 rings (SSSR count). The van der Waals surface area contributed by atoms with E-state index in [1.807, 2.05) is 6.07 Å². The van der Waals surface area contributed by atoms with Crippen molar-refractivity contribution in [2.45, 2.75) is 13.0 Å². The van der Waals surface area contributed by atoms with Gasteiger partial charge in [-0.15, -0.1) is 0 Å². The highest BCUT2D eigenvalue weighted by atomic mass is 16.5. The summed E-state index contributed by atoms with van der Waals surface area (Å²) in [5.41, 5.74) is 4.09. The summed E-state index contributed by atoms with van der Waals surface area (Å²) in [5, 5.41) is 3.68. The second-order valence-corrected chi connectivity index (χ2v) is 4.03. The van der Waals surface area contributed by atoms with Gasteiger partial charge in [-0.05, 0) is 18.2 Å². The van der Waals surface area contributed by atoms with Crippen molar-refractivity contribution in [2.75, 3.05) is 13.7 Å². The van der Waals surface area contributed by atoms with E-state index in [0.717, 1.165) is 18.7 Å². The lowest BCUT2D eigenvalue weighted by molar-refractivity contribution is -0.673. The van der Waals surface area contributed by atoms with Crippen LogP contribution in [-0.2, 0) is 13.0 Å². The maximum Gasteiger partial charge on any atom is 0.119 e. The molecule has 3 heteroatoms. The molecule has 2 heterocycles. The van der Waals surface area contributed by atoms with Gasteiger partial charge in [0, 0.05) is 28.6 Å². The fourth-order valence-electron chi connectivity index (χ4n) is 2.35. The van der Waals surface area contributed by atoms with Crippen molar-refractivity contribution >= 4 is 10.9 Å². The molecule has 0 saturated heterocycles. The largest absolute Gasteiger partial charge is 0.497 e. The molecule has 3 nitrogen and oxygen atoms in total. The third kappa shape index (κ3) is 1.31. The molecule has 2 aromatic rings. The van der Waals surface area contributed by atoms with Gasteiger partial charge in [0.25, 0.3) is 0 Å². The Labute approximate surface area is 88.4 Å². The number of quaternary nitrogens is 1. The number of fused-ring (bicyclic) bond motifs is 3. The van der Waals surface area contributed by atoms with Crippen molar-refractivity contribution in [2.24, 2.45) is 0 Å². The van der Waals surface area contributed by atoms with Gasteiger partial charge in [0.05, 0.1) is 13.7 Å². The molecule has 0 aliphatic carbocycles. The van der Waals surface area contributed by atoms with E-state index < -0.39 is 0 Å². The molecule has 0 spiro atoms.